The largest absolute Gasteiger partial charge is 0.471 e. The summed E-state index contributed by atoms with van der Waals surface area (Å²) in [4.78, 5) is 24.2. The van der Waals surface area contributed by atoms with E-state index in [9.17, 15) is 9.59 Å². The maximum atomic E-state index is 12.2. The first-order valence-electron chi connectivity index (χ1n) is 8.13. The number of esters is 2. The molecule has 0 bridgehead atoms. The summed E-state index contributed by atoms with van der Waals surface area (Å²) >= 11 is 5.90. The molecular formula is C19H19ClO6. The van der Waals surface area contributed by atoms with Crippen molar-refractivity contribution in [2.45, 2.75) is 12.7 Å². The fourth-order valence-electron chi connectivity index (χ4n) is 3.34. The van der Waals surface area contributed by atoms with Crippen molar-refractivity contribution in [2.24, 2.45) is 11.8 Å². The average Bonchev–Trinajstić information content (AvgIpc) is 3.09. The number of ether oxygens (including phenoxy) is 4. The number of hydrogen-bond donors (Lipinski definition) is 0. The molecule has 138 valence electrons. The van der Waals surface area contributed by atoms with E-state index in [4.69, 9.17) is 30.5 Å². The Hall–Kier alpha value is -2.31. The topological polar surface area (TPSA) is 71.1 Å². The third-order valence-corrected chi connectivity index (χ3v) is 4.84. The lowest BCUT2D eigenvalue weighted by Crippen LogP contribution is -2.37. The van der Waals surface area contributed by atoms with Crippen molar-refractivity contribution < 1.29 is 28.5 Å². The number of fused-ring (bicyclic) bond motifs is 1. The molecule has 1 aliphatic carbocycles. The highest BCUT2D eigenvalue weighted by Gasteiger charge is 2.44. The molecule has 0 spiro atoms. The third-order valence-electron chi connectivity index (χ3n) is 4.60. The second-order valence-corrected chi connectivity index (χ2v) is 6.47. The van der Waals surface area contributed by atoms with Crippen LogP contribution in [0.5, 0.6) is 0 Å². The van der Waals surface area contributed by atoms with Gasteiger partial charge in [-0.2, -0.15) is 0 Å². The minimum Gasteiger partial charge on any atom is -0.471 e. The Kier molecular flexibility index (Phi) is 5.64. The van der Waals surface area contributed by atoms with E-state index in [1.807, 2.05) is 6.08 Å². The Balaban J connectivity index is 1.70. The van der Waals surface area contributed by atoms with Crippen molar-refractivity contribution in [3.8, 4) is 0 Å². The number of halogens is 1. The number of carbonyl (C=O) groups excluding carboxylic acids is 2. The molecule has 0 unspecified atom stereocenters. The molecule has 0 fully saturated rings. The summed E-state index contributed by atoms with van der Waals surface area (Å²) < 4.78 is 21.2. The highest BCUT2D eigenvalue weighted by molar-refractivity contribution is 6.30. The molecular weight excluding hydrogens is 360 g/mol. The molecule has 26 heavy (non-hydrogen) atoms. The van der Waals surface area contributed by atoms with E-state index in [1.54, 1.807) is 24.3 Å². The van der Waals surface area contributed by atoms with Gasteiger partial charge < -0.3 is 18.9 Å². The van der Waals surface area contributed by atoms with Crippen molar-refractivity contribution in [3.05, 3.63) is 58.3 Å². The summed E-state index contributed by atoms with van der Waals surface area (Å²) in [7, 11) is 2.86. The molecule has 0 amide bonds. The number of allylic oxidation sites excluding steroid dienone is 1. The van der Waals surface area contributed by atoms with Gasteiger partial charge in [0.05, 0.1) is 30.4 Å². The van der Waals surface area contributed by atoms with Gasteiger partial charge in [0.25, 0.3) is 0 Å². The van der Waals surface area contributed by atoms with Crippen molar-refractivity contribution >= 4 is 23.5 Å². The average molecular weight is 379 g/mol. The summed E-state index contributed by atoms with van der Waals surface area (Å²) in [5.74, 6) is -1.24. The van der Waals surface area contributed by atoms with Crippen molar-refractivity contribution in [1.82, 2.24) is 0 Å². The van der Waals surface area contributed by atoms with Gasteiger partial charge >= 0.3 is 11.9 Å². The second-order valence-electron chi connectivity index (χ2n) is 6.04. The highest BCUT2D eigenvalue weighted by Crippen LogP contribution is 2.43. The fraction of sp³-hybridized carbons (Fsp3) is 0.368. The fourth-order valence-corrected chi connectivity index (χ4v) is 3.53. The maximum absolute atomic E-state index is 12.2. The monoisotopic (exact) mass is 378 g/mol. The standard InChI is InChI=1S/C19H19ClO6/c1-23-18(22)15-10-26-19(24-2)16-12(6-7-14(15)16)9-25-17(21)11-4-3-5-13(20)8-11/h3-6,8,10,14,16,19H,7,9H2,1-2H3/t14-,16-,19-/m1/s1. The number of rotatable bonds is 5. The van der Waals surface area contributed by atoms with Gasteiger partial charge in [0, 0.05) is 18.1 Å². The molecule has 7 heteroatoms. The Morgan fingerprint density at radius 1 is 1.27 bits per heavy atom. The number of methoxy groups -OCH3 is 2. The zero-order valence-corrected chi connectivity index (χ0v) is 15.2. The van der Waals surface area contributed by atoms with Gasteiger partial charge in [-0.05, 0) is 30.2 Å². The summed E-state index contributed by atoms with van der Waals surface area (Å²) in [6, 6.07) is 6.56. The van der Waals surface area contributed by atoms with Gasteiger partial charge in [0.2, 0.25) is 6.29 Å². The number of benzene rings is 1. The Bertz CT molecular complexity index is 769. The van der Waals surface area contributed by atoms with Crippen molar-refractivity contribution in [3.63, 3.8) is 0 Å². The summed E-state index contributed by atoms with van der Waals surface area (Å²) in [5.41, 5.74) is 1.69. The predicted molar refractivity (Wildman–Crippen MR) is 93.4 cm³/mol. The maximum Gasteiger partial charge on any atom is 0.338 e. The van der Waals surface area contributed by atoms with Gasteiger partial charge in [-0.1, -0.05) is 23.7 Å². The molecule has 0 N–H and O–H groups in total. The van der Waals surface area contributed by atoms with E-state index in [1.165, 1.54) is 20.5 Å². The zero-order valence-electron chi connectivity index (χ0n) is 14.4. The number of hydrogen-bond acceptors (Lipinski definition) is 6. The molecule has 0 aromatic heterocycles. The Morgan fingerprint density at radius 2 is 2.08 bits per heavy atom. The van der Waals surface area contributed by atoms with Crippen LogP contribution < -0.4 is 0 Å². The van der Waals surface area contributed by atoms with E-state index in [2.05, 4.69) is 0 Å². The molecule has 1 aromatic carbocycles. The quantitative estimate of drug-likeness (QED) is 0.579. The van der Waals surface area contributed by atoms with Crippen LogP contribution in [0.1, 0.15) is 16.8 Å². The zero-order chi connectivity index (χ0) is 18.7. The lowest BCUT2D eigenvalue weighted by atomic mass is 9.83. The third kappa shape index (κ3) is 3.61. The normalized spacial score (nSPS) is 24.0. The first-order chi connectivity index (χ1) is 12.5. The molecule has 2 aliphatic rings. The molecule has 6 nitrogen and oxygen atoms in total. The van der Waals surface area contributed by atoms with Crippen molar-refractivity contribution in [2.75, 3.05) is 20.8 Å². The molecule has 0 saturated carbocycles. The molecule has 3 rings (SSSR count). The van der Waals surface area contributed by atoms with Crippen LogP contribution >= 0.6 is 11.6 Å². The van der Waals surface area contributed by atoms with Crippen LogP contribution in [0.25, 0.3) is 0 Å². The van der Waals surface area contributed by atoms with E-state index >= 15 is 0 Å². The van der Waals surface area contributed by atoms with Gasteiger partial charge in [-0.25, -0.2) is 9.59 Å². The SMILES string of the molecule is COC(=O)C1=CO[C@@H](OC)[C@@H]2C(COC(=O)c3cccc(Cl)c3)=CC[C@H]12. The lowest BCUT2D eigenvalue weighted by Gasteiger charge is -2.33. The lowest BCUT2D eigenvalue weighted by molar-refractivity contribution is -0.146. The van der Waals surface area contributed by atoms with Gasteiger partial charge in [-0.3, -0.25) is 0 Å². The minimum absolute atomic E-state index is 0.0875. The first kappa shape index (κ1) is 18.5. The van der Waals surface area contributed by atoms with Crippen LogP contribution in [-0.4, -0.2) is 39.1 Å². The van der Waals surface area contributed by atoms with Crippen LogP contribution in [0.2, 0.25) is 5.02 Å². The predicted octanol–water partition coefficient (Wildman–Crippen LogP) is 3.12. The molecule has 0 saturated heterocycles. The Labute approximate surface area is 156 Å². The summed E-state index contributed by atoms with van der Waals surface area (Å²) in [6.45, 7) is 0.0875. The summed E-state index contributed by atoms with van der Waals surface area (Å²) in [5, 5.41) is 0.465. The minimum atomic E-state index is -0.549. The van der Waals surface area contributed by atoms with Gasteiger partial charge in [0.1, 0.15) is 6.61 Å². The van der Waals surface area contributed by atoms with E-state index in [-0.39, 0.29) is 18.4 Å². The molecule has 1 heterocycles. The number of carbonyl (C=O) groups is 2. The molecule has 1 aliphatic heterocycles. The first-order valence-corrected chi connectivity index (χ1v) is 8.51. The van der Waals surface area contributed by atoms with Crippen LogP contribution in [0.15, 0.2) is 47.7 Å². The van der Waals surface area contributed by atoms with Gasteiger partial charge in [-0.15, -0.1) is 0 Å². The van der Waals surface area contributed by atoms with Crippen LogP contribution in [-0.2, 0) is 23.7 Å². The van der Waals surface area contributed by atoms with Crippen LogP contribution in [0, 0.1) is 11.8 Å². The summed E-state index contributed by atoms with van der Waals surface area (Å²) in [6.07, 6.45) is 3.43. The smallest absolute Gasteiger partial charge is 0.338 e. The Morgan fingerprint density at radius 3 is 2.77 bits per heavy atom. The molecule has 0 radical (unpaired) electrons. The second kappa shape index (κ2) is 7.93. The van der Waals surface area contributed by atoms with E-state index < -0.39 is 18.2 Å². The van der Waals surface area contributed by atoms with Crippen molar-refractivity contribution in [1.29, 1.82) is 0 Å². The van der Waals surface area contributed by atoms with Gasteiger partial charge in [0.15, 0.2) is 0 Å². The van der Waals surface area contributed by atoms with E-state index in [0.717, 1.165) is 5.57 Å². The van der Waals surface area contributed by atoms with E-state index in [0.29, 0.717) is 22.6 Å². The molecule has 3 atom stereocenters. The molecule has 1 aromatic rings. The van der Waals surface area contributed by atoms with Crippen LogP contribution in [0.4, 0.5) is 0 Å². The highest BCUT2D eigenvalue weighted by atomic mass is 35.5. The van der Waals surface area contributed by atoms with Crippen LogP contribution in [0.3, 0.4) is 0 Å².